The van der Waals surface area contributed by atoms with Crippen LogP contribution in [0.15, 0.2) is 48.5 Å². The zero-order chi connectivity index (χ0) is 18.4. The number of hydrogen-bond acceptors (Lipinski definition) is 3. The highest BCUT2D eigenvalue weighted by molar-refractivity contribution is 5.98. The van der Waals surface area contributed by atoms with Gasteiger partial charge in [-0.15, -0.1) is 0 Å². The third-order valence-corrected chi connectivity index (χ3v) is 4.27. The highest BCUT2D eigenvalue weighted by atomic mass is 16.5. The van der Waals surface area contributed by atoms with Gasteiger partial charge in [-0.3, -0.25) is 9.59 Å². The summed E-state index contributed by atoms with van der Waals surface area (Å²) in [4.78, 5) is 23.9. The summed E-state index contributed by atoms with van der Waals surface area (Å²) >= 11 is 0. The fourth-order valence-corrected chi connectivity index (χ4v) is 2.52. The molecule has 0 fully saturated rings. The largest absolute Gasteiger partial charge is 0.481 e. The van der Waals surface area contributed by atoms with E-state index in [4.69, 9.17) is 4.74 Å². The van der Waals surface area contributed by atoms with Crippen molar-refractivity contribution >= 4 is 17.4 Å². The number of para-hydroxylation sites is 1. The van der Waals surface area contributed by atoms with E-state index in [0.29, 0.717) is 17.2 Å². The van der Waals surface area contributed by atoms with Crippen LogP contribution in [0.5, 0.6) is 5.75 Å². The Morgan fingerprint density at radius 2 is 1.80 bits per heavy atom. The van der Waals surface area contributed by atoms with Gasteiger partial charge >= 0.3 is 0 Å². The average molecular weight is 339 g/mol. The summed E-state index contributed by atoms with van der Waals surface area (Å²) in [6.45, 7) is 7.48. The van der Waals surface area contributed by atoms with Crippen molar-refractivity contribution in [1.29, 1.82) is 0 Å². The molecule has 0 heterocycles. The lowest BCUT2D eigenvalue weighted by molar-refractivity contribution is -0.122. The van der Waals surface area contributed by atoms with Gasteiger partial charge in [-0.1, -0.05) is 44.2 Å². The van der Waals surface area contributed by atoms with E-state index in [1.54, 1.807) is 31.2 Å². The number of Topliss-reactive ketones (excluding diaryl/α,β-unsaturated/α-hetero) is 1. The standard InChI is InChI=1S/C21H25NO3/c1-5-14(2)19-11-6-7-12-20(19)25-16(4)21(24)22-18-10-8-9-17(13-18)15(3)23/h6-14,16H,5H2,1-4H3,(H,22,24). The van der Waals surface area contributed by atoms with E-state index in [9.17, 15) is 9.59 Å². The molecule has 0 bridgehead atoms. The third kappa shape index (κ3) is 4.92. The lowest BCUT2D eigenvalue weighted by Gasteiger charge is -2.19. The van der Waals surface area contributed by atoms with Gasteiger partial charge < -0.3 is 10.1 Å². The average Bonchev–Trinajstić information content (AvgIpc) is 2.61. The summed E-state index contributed by atoms with van der Waals surface area (Å²) in [5, 5.41) is 2.80. The van der Waals surface area contributed by atoms with Crippen molar-refractivity contribution in [3.8, 4) is 5.75 Å². The van der Waals surface area contributed by atoms with Crippen molar-refractivity contribution in [3.05, 3.63) is 59.7 Å². The number of amides is 1. The Kier molecular flexibility index (Phi) is 6.34. The molecule has 2 aromatic carbocycles. The number of anilines is 1. The van der Waals surface area contributed by atoms with Crippen LogP contribution in [0.3, 0.4) is 0 Å². The SMILES string of the molecule is CCC(C)c1ccccc1OC(C)C(=O)Nc1cccc(C(C)=O)c1. The highest BCUT2D eigenvalue weighted by Gasteiger charge is 2.18. The Bertz CT molecular complexity index is 754. The van der Waals surface area contributed by atoms with E-state index in [-0.39, 0.29) is 11.7 Å². The molecule has 4 nitrogen and oxygen atoms in total. The van der Waals surface area contributed by atoms with Crippen LogP contribution in [0, 0.1) is 0 Å². The lowest BCUT2D eigenvalue weighted by Crippen LogP contribution is -2.30. The molecule has 0 spiro atoms. The molecule has 1 N–H and O–H groups in total. The molecule has 0 saturated heterocycles. The molecule has 0 aliphatic rings. The number of ketones is 1. The fraction of sp³-hybridized carbons (Fsp3) is 0.333. The summed E-state index contributed by atoms with van der Waals surface area (Å²) in [5.41, 5.74) is 2.25. The Hall–Kier alpha value is -2.62. The quantitative estimate of drug-likeness (QED) is 0.737. The molecule has 2 unspecified atom stereocenters. The number of nitrogens with one attached hydrogen (secondary N) is 1. The summed E-state index contributed by atoms with van der Waals surface area (Å²) in [7, 11) is 0. The predicted octanol–water partition coefficient (Wildman–Crippen LogP) is 4.81. The second-order valence-corrected chi connectivity index (χ2v) is 6.23. The smallest absolute Gasteiger partial charge is 0.265 e. The maximum atomic E-state index is 12.4. The monoisotopic (exact) mass is 339 g/mol. The van der Waals surface area contributed by atoms with Crippen LogP contribution in [0.25, 0.3) is 0 Å². The maximum absolute atomic E-state index is 12.4. The minimum absolute atomic E-state index is 0.0390. The van der Waals surface area contributed by atoms with Gasteiger partial charge in [-0.2, -0.15) is 0 Å². The molecule has 0 aliphatic heterocycles. The van der Waals surface area contributed by atoms with Crippen LogP contribution < -0.4 is 10.1 Å². The molecular weight excluding hydrogens is 314 g/mol. The minimum Gasteiger partial charge on any atom is -0.481 e. The van der Waals surface area contributed by atoms with Crippen molar-refractivity contribution < 1.29 is 14.3 Å². The van der Waals surface area contributed by atoms with Gasteiger partial charge in [-0.05, 0) is 49.9 Å². The summed E-state index contributed by atoms with van der Waals surface area (Å²) in [6, 6.07) is 14.7. The molecule has 132 valence electrons. The fourth-order valence-electron chi connectivity index (χ4n) is 2.52. The van der Waals surface area contributed by atoms with E-state index < -0.39 is 6.10 Å². The highest BCUT2D eigenvalue weighted by Crippen LogP contribution is 2.29. The lowest BCUT2D eigenvalue weighted by atomic mass is 9.98. The minimum atomic E-state index is -0.647. The molecule has 0 aliphatic carbocycles. The summed E-state index contributed by atoms with van der Waals surface area (Å²) in [6.07, 6.45) is 0.352. The molecule has 2 atom stereocenters. The molecule has 4 heteroatoms. The zero-order valence-corrected chi connectivity index (χ0v) is 15.2. The molecule has 25 heavy (non-hydrogen) atoms. The van der Waals surface area contributed by atoms with E-state index in [2.05, 4.69) is 19.2 Å². The first kappa shape index (κ1) is 18.7. The summed E-state index contributed by atoms with van der Waals surface area (Å²) < 4.78 is 5.90. The number of carbonyl (C=O) groups is 2. The van der Waals surface area contributed by atoms with Gasteiger partial charge in [0.15, 0.2) is 11.9 Å². The molecule has 0 aromatic heterocycles. The number of hydrogen-bond donors (Lipinski definition) is 1. The molecule has 2 aromatic rings. The third-order valence-electron chi connectivity index (χ3n) is 4.27. The second-order valence-electron chi connectivity index (χ2n) is 6.23. The predicted molar refractivity (Wildman–Crippen MR) is 100 cm³/mol. The van der Waals surface area contributed by atoms with Crippen LogP contribution in [0.1, 0.15) is 56.0 Å². The number of benzene rings is 2. The van der Waals surface area contributed by atoms with E-state index in [0.717, 1.165) is 17.7 Å². The molecular formula is C21H25NO3. The van der Waals surface area contributed by atoms with Crippen molar-refractivity contribution in [2.45, 2.75) is 46.1 Å². The summed E-state index contributed by atoms with van der Waals surface area (Å²) in [5.74, 6) is 0.804. The number of carbonyl (C=O) groups excluding carboxylic acids is 2. The topological polar surface area (TPSA) is 55.4 Å². The molecule has 0 saturated carbocycles. The first-order chi connectivity index (χ1) is 11.9. The van der Waals surface area contributed by atoms with Gasteiger partial charge in [0, 0.05) is 11.3 Å². The van der Waals surface area contributed by atoms with Crippen LogP contribution in [0.2, 0.25) is 0 Å². The van der Waals surface area contributed by atoms with Gasteiger partial charge in [0.1, 0.15) is 5.75 Å². The van der Waals surface area contributed by atoms with E-state index in [1.165, 1.54) is 6.92 Å². The Morgan fingerprint density at radius 1 is 1.08 bits per heavy atom. The van der Waals surface area contributed by atoms with Crippen LogP contribution in [-0.2, 0) is 4.79 Å². The Balaban J connectivity index is 2.09. The van der Waals surface area contributed by atoms with Gasteiger partial charge in [-0.25, -0.2) is 0 Å². The normalized spacial score (nSPS) is 13.0. The van der Waals surface area contributed by atoms with Crippen LogP contribution >= 0.6 is 0 Å². The number of rotatable bonds is 7. The zero-order valence-electron chi connectivity index (χ0n) is 15.2. The van der Waals surface area contributed by atoms with Crippen molar-refractivity contribution in [3.63, 3.8) is 0 Å². The van der Waals surface area contributed by atoms with Gasteiger partial charge in [0.2, 0.25) is 0 Å². The van der Waals surface area contributed by atoms with Gasteiger partial charge in [0.25, 0.3) is 5.91 Å². The second kappa shape index (κ2) is 8.47. The maximum Gasteiger partial charge on any atom is 0.265 e. The first-order valence-corrected chi connectivity index (χ1v) is 8.59. The van der Waals surface area contributed by atoms with E-state index in [1.807, 2.05) is 24.3 Å². The number of ether oxygens (including phenoxy) is 1. The van der Waals surface area contributed by atoms with Crippen LogP contribution in [0.4, 0.5) is 5.69 Å². The first-order valence-electron chi connectivity index (χ1n) is 8.59. The van der Waals surface area contributed by atoms with Crippen molar-refractivity contribution in [2.24, 2.45) is 0 Å². The Labute approximate surface area is 149 Å². The van der Waals surface area contributed by atoms with Crippen molar-refractivity contribution in [1.82, 2.24) is 0 Å². The van der Waals surface area contributed by atoms with Crippen molar-refractivity contribution in [2.75, 3.05) is 5.32 Å². The van der Waals surface area contributed by atoms with Crippen LogP contribution in [-0.4, -0.2) is 17.8 Å². The van der Waals surface area contributed by atoms with Gasteiger partial charge in [0.05, 0.1) is 0 Å². The molecule has 2 rings (SSSR count). The molecule has 1 amide bonds. The molecule has 0 radical (unpaired) electrons. The van der Waals surface area contributed by atoms with E-state index >= 15 is 0 Å². The Morgan fingerprint density at radius 3 is 2.48 bits per heavy atom.